The van der Waals surface area contributed by atoms with Crippen molar-refractivity contribution >= 4 is 28.2 Å². The zero-order valence-electron chi connectivity index (χ0n) is 17.3. The van der Waals surface area contributed by atoms with Gasteiger partial charge >= 0.3 is 0 Å². The van der Waals surface area contributed by atoms with E-state index in [4.69, 9.17) is 4.74 Å². The molecule has 1 aromatic heterocycles. The molecule has 6 heteroatoms. The average Bonchev–Trinajstić information content (AvgIpc) is 2.91. The summed E-state index contributed by atoms with van der Waals surface area (Å²) in [7, 11) is 1.63. The summed E-state index contributed by atoms with van der Waals surface area (Å²) < 4.78 is 5.77. The first-order chi connectivity index (χ1) is 14.1. The largest absolute Gasteiger partial charge is 0.494 e. The molecule has 0 saturated carbocycles. The van der Waals surface area contributed by atoms with E-state index in [0.29, 0.717) is 28.5 Å². The molecule has 2 aromatic rings. The molecule has 0 atom stereocenters. The second-order valence-electron chi connectivity index (χ2n) is 7.39. The molecular formula is C23H30N2O3S. The zero-order valence-corrected chi connectivity index (χ0v) is 18.1. The number of nitrogens with one attached hydrogen (secondary N) is 2. The van der Waals surface area contributed by atoms with Gasteiger partial charge in [-0.3, -0.25) is 9.59 Å². The third kappa shape index (κ3) is 5.38. The van der Waals surface area contributed by atoms with Gasteiger partial charge in [-0.15, -0.1) is 11.3 Å². The number of anilines is 1. The summed E-state index contributed by atoms with van der Waals surface area (Å²) in [6, 6.07) is 7.23. The molecule has 29 heavy (non-hydrogen) atoms. The lowest BCUT2D eigenvalue weighted by atomic mass is 10.0. The van der Waals surface area contributed by atoms with Crippen LogP contribution in [-0.2, 0) is 12.8 Å². The van der Waals surface area contributed by atoms with E-state index in [1.165, 1.54) is 11.3 Å². The number of ether oxygens (including phenoxy) is 1. The number of hydrogen-bond acceptors (Lipinski definition) is 4. The molecule has 2 N–H and O–H groups in total. The highest BCUT2D eigenvalue weighted by atomic mass is 32.1. The van der Waals surface area contributed by atoms with Crippen molar-refractivity contribution < 1.29 is 14.3 Å². The van der Waals surface area contributed by atoms with Crippen molar-refractivity contribution in [2.75, 3.05) is 19.0 Å². The predicted molar refractivity (Wildman–Crippen MR) is 118 cm³/mol. The van der Waals surface area contributed by atoms with Gasteiger partial charge in [0.05, 0.1) is 12.2 Å². The first-order valence-electron chi connectivity index (χ1n) is 10.5. The van der Waals surface area contributed by atoms with Gasteiger partial charge in [0.2, 0.25) is 0 Å². The van der Waals surface area contributed by atoms with Crippen LogP contribution in [-0.4, -0.2) is 25.5 Å². The number of rotatable bonds is 8. The average molecular weight is 415 g/mol. The lowest BCUT2D eigenvalue weighted by Gasteiger charge is -2.10. The van der Waals surface area contributed by atoms with Crippen LogP contribution in [0.2, 0.25) is 0 Å². The summed E-state index contributed by atoms with van der Waals surface area (Å²) in [5.74, 6) is 0.348. The maximum absolute atomic E-state index is 12.9. The van der Waals surface area contributed by atoms with Gasteiger partial charge in [-0.05, 0) is 55.9 Å². The van der Waals surface area contributed by atoms with Crippen LogP contribution in [0.5, 0.6) is 5.75 Å². The lowest BCUT2D eigenvalue weighted by Crippen LogP contribution is -2.21. The van der Waals surface area contributed by atoms with Crippen LogP contribution < -0.4 is 15.4 Å². The van der Waals surface area contributed by atoms with Crippen molar-refractivity contribution in [1.82, 2.24) is 5.32 Å². The van der Waals surface area contributed by atoms with Crippen LogP contribution in [0, 0.1) is 0 Å². The van der Waals surface area contributed by atoms with Gasteiger partial charge in [0.15, 0.2) is 0 Å². The third-order valence-electron chi connectivity index (χ3n) is 5.22. The van der Waals surface area contributed by atoms with Crippen LogP contribution in [0.3, 0.4) is 0 Å². The van der Waals surface area contributed by atoms with Crippen LogP contribution in [0.4, 0.5) is 5.00 Å². The second-order valence-corrected chi connectivity index (χ2v) is 8.49. The molecule has 0 saturated heterocycles. The summed E-state index contributed by atoms with van der Waals surface area (Å²) in [4.78, 5) is 26.7. The van der Waals surface area contributed by atoms with Crippen molar-refractivity contribution in [2.24, 2.45) is 0 Å². The first-order valence-corrected chi connectivity index (χ1v) is 11.4. The van der Waals surface area contributed by atoms with Crippen LogP contribution in [0.15, 0.2) is 24.3 Å². The van der Waals surface area contributed by atoms with E-state index >= 15 is 0 Å². The molecule has 2 amide bonds. The second kappa shape index (κ2) is 10.4. The van der Waals surface area contributed by atoms with Gasteiger partial charge in [-0.1, -0.05) is 32.3 Å². The number of unbranched alkanes of at least 4 members (excludes halogenated alkanes) is 2. The normalized spacial score (nSPS) is 13.3. The van der Waals surface area contributed by atoms with Crippen LogP contribution >= 0.6 is 11.3 Å². The highest BCUT2D eigenvalue weighted by Crippen LogP contribution is 2.37. The van der Waals surface area contributed by atoms with Crippen molar-refractivity contribution in [1.29, 1.82) is 0 Å². The SMILES string of the molecule is CCCCCOc1cccc(C(=O)Nc2sc3c(c2C(=O)NC)CCCCC3)c1. The van der Waals surface area contributed by atoms with E-state index in [-0.39, 0.29) is 11.8 Å². The summed E-state index contributed by atoms with van der Waals surface area (Å²) >= 11 is 1.54. The minimum atomic E-state index is -0.217. The standard InChI is InChI=1S/C23H30N2O3S/c1-3-4-8-14-28-17-11-9-10-16(15-17)21(26)25-23-20(22(27)24-2)18-12-6-5-7-13-19(18)29-23/h9-11,15H,3-8,12-14H2,1-2H3,(H,24,27)(H,25,26). The Kier molecular flexibility index (Phi) is 7.69. The molecule has 0 fully saturated rings. The topological polar surface area (TPSA) is 67.4 Å². The van der Waals surface area contributed by atoms with E-state index in [2.05, 4.69) is 17.6 Å². The molecule has 5 nitrogen and oxygen atoms in total. The molecular weight excluding hydrogens is 384 g/mol. The minimum Gasteiger partial charge on any atom is -0.494 e. The lowest BCUT2D eigenvalue weighted by molar-refractivity contribution is 0.0963. The Bertz CT molecular complexity index is 860. The number of amides is 2. The molecule has 1 heterocycles. The zero-order chi connectivity index (χ0) is 20.6. The van der Waals surface area contributed by atoms with Crippen molar-refractivity contribution in [3.63, 3.8) is 0 Å². The number of hydrogen-bond donors (Lipinski definition) is 2. The first kappa shape index (κ1) is 21.4. The van der Waals surface area contributed by atoms with Gasteiger partial charge in [0.25, 0.3) is 11.8 Å². The Hall–Kier alpha value is -2.34. The fourth-order valence-electron chi connectivity index (χ4n) is 3.64. The molecule has 1 aliphatic rings. The van der Waals surface area contributed by atoms with E-state index in [1.807, 2.05) is 12.1 Å². The van der Waals surface area contributed by atoms with E-state index in [1.54, 1.807) is 30.5 Å². The fourth-order valence-corrected chi connectivity index (χ4v) is 4.92. The smallest absolute Gasteiger partial charge is 0.256 e. The monoisotopic (exact) mass is 414 g/mol. The van der Waals surface area contributed by atoms with Gasteiger partial charge < -0.3 is 15.4 Å². The summed E-state index contributed by atoms with van der Waals surface area (Å²) in [6.45, 7) is 2.81. The van der Waals surface area contributed by atoms with E-state index in [9.17, 15) is 9.59 Å². The van der Waals surface area contributed by atoms with Gasteiger partial charge in [-0.25, -0.2) is 0 Å². The summed E-state index contributed by atoms with van der Waals surface area (Å²) in [5.41, 5.74) is 2.27. The van der Waals surface area contributed by atoms with E-state index in [0.717, 1.165) is 50.5 Å². The van der Waals surface area contributed by atoms with Gasteiger partial charge in [0, 0.05) is 17.5 Å². The Labute approximate surface area is 176 Å². The molecule has 0 aliphatic heterocycles. The van der Waals surface area contributed by atoms with Crippen molar-refractivity contribution in [3.8, 4) is 5.75 Å². The Balaban J connectivity index is 1.77. The Morgan fingerprint density at radius 3 is 2.72 bits per heavy atom. The van der Waals surface area contributed by atoms with Crippen molar-refractivity contribution in [2.45, 2.75) is 58.3 Å². The Morgan fingerprint density at radius 1 is 1.10 bits per heavy atom. The fraction of sp³-hybridized carbons (Fsp3) is 0.478. The number of benzene rings is 1. The number of aryl methyl sites for hydroxylation is 1. The van der Waals surface area contributed by atoms with Gasteiger partial charge in [0.1, 0.15) is 10.8 Å². The maximum Gasteiger partial charge on any atom is 0.256 e. The number of thiophene rings is 1. The maximum atomic E-state index is 12.9. The molecule has 1 aromatic carbocycles. The molecule has 0 bridgehead atoms. The highest BCUT2D eigenvalue weighted by Gasteiger charge is 2.25. The minimum absolute atomic E-state index is 0.132. The van der Waals surface area contributed by atoms with Crippen LogP contribution in [0.1, 0.15) is 76.6 Å². The van der Waals surface area contributed by atoms with Gasteiger partial charge in [-0.2, -0.15) is 0 Å². The third-order valence-corrected chi connectivity index (χ3v) is 6.42. The van der Waals surface area contributed by atoms with E-state index < -0.39 is 0 Å². The van der Waals surface area contributed by atoms with Crippen LogP contribution in [0.25, 0.3) is 0 Å². The molecule has 0 radical (unpaired) electrons. The molecule has 0 spiro atoms. The highest BCUT2D eigenvalue weighted by molar-refractivity contribution is 7.17. The predicted octanol–water partition coefficient (Wildman–Crippen LogP) is 5.20. The summed E-state index contributed by atoms with van der Waals surface area (Å²) in [6.07, 6.45) is 8.54. The number of fused-ring (bicyclic) bond motifs is 1. The Morgan fingerprint density at radius 2 is 1.93 bits per heavy atom. The summed E-state index contributed by atoms with van der Waals surface area (Å²) in [5, 5.41) is 6.37. The molecule has 156 valence electrons. The number of carbonyl (C=O) groups excluding carboxylic acids is 2. The quantitative estimate of drug-likeness (QED) is 0.461. The number of carbonyl (C=O) groups is 2. The molecule has 1 aliphatic carbocycles. The molecule has 0 unspecified atom stereocenters. The van der Waals surface area contributed by atoms with Crippen molar-refractivity contribution in [3.05, 3.63) is 45.8 Å². The molecule has 3 rings (SSSR count).